The number of hydrogen-bond acceptors (Lipinski definition) is 5. The molecule has 8 nitrogen and oxygen atoms in total. The van der Waals surface area contributed by atoms with Crippen LogP contribution in [0.25, 0.3) is 0 Å². The van der Waals surface area contributed by atoms with Gasteiger partial charge in [0, 0.05) is 13.1 Å². The molecule has 3 amide bonds. The number of ether oxygens (including phenoxy) is 1. The molecule has 0 saturated carbocycles. The second-order valence-electron chi connectivity index (χ2n) is 11.3. The zero-order valence-electron chi connectivity index (χ0n) is 25.0. The molecule has 0 aliphatic carbocycles. The van der Waals surface area contributed by atoms with Crippen molar-refractivity contribution >= 4 is 17.9 Å². The average Bonchev–Trinajstić information content (AvgIpc) is 2.89. The molecule has 2 aromatic carbocycles. The third kappa shape index (κ3) is 10.6. The van der Waals surface area contributed by atoms with Gasteiger partial charge in [0.2, 0.25) is 11.8 Å². The number of benzene rings is 2. The Hall–Kier alpha value is -3.39. The molecule has 2 atom stereocenters. The summed E-state index contributed by atoms with van der Waals surface area (Å²) < 4.78 is 5.33. The van der Waals surface area contributed by atoms with E-state index in [2.05, 4.69) is 17.6 Å². The normalized spacial score (nSPS) is 12.8. The maximum Gasteiger partial charge on any atom is 0.408 e. The van der Waals surface area contributed by atoms with Gasteiger partial charge in [-0.1, -0.05) is 86.7 Å². The van der Waals surface area contributed by atoms with Crippen molar-refractivity contribution in [1.29, 1.82) is 0 Å². The van der Waals surface area contributed by atoms with Crippen molar-refractivity contribution in [2.24, 2.45) is 0 Å². The number of amides is 3. The highest BCUT2D eigenvalue weighted by Crippen LogP contribution is 2.27. The number of hydrogen-bond donors (Lipinski definition) is 3. The van der Waals surface area contributed by atoms with Gasteiger partial charge in [-0.3, -0.25) is 9.59 Å². The van der Waals surface area contributed by atoms with Gasteiger partial charge in [0.25, 0.3) is 0 Å². The van der Waals surface area contributed by atoms with Crippen LogP contribution in [0.2, 0.25) is 0 Å². The topological polar surface area (TPSA) is 108 Å². The van der Waals surface area contributed by atoms with E-state index in [9.17, 15) is 19.5 Å². The van der Waals surface area contributed by atoms with E-state index >= 15 is 0 Å². The van der Waals surface area contributed by atoms with Gasteiger partial charge in [-0.2, -0.15) is 0 Å². The summed E-state index contributed by atoms with van der Waals surface area (Å²) in [5, 5.41) is 15.7. The molecule has 0 spiro atoms. The number of unbranched alkanes of at least 4 members (excludes halogenated alkanes) is 4. The van der Waals surface area contributed by atoms with E-state index in [0.29, 0.717) is 25.1 Å². The van der Waals surface area contributed by atoms with E-state index in [1.165, 1.54) is 4.90 Å². The molecule has 0 fully saturated rings. The van der Waals surface area contributed by atoms with Crippen LogP contribution in [-0.2, 0) is 20.9 Å². The molecule has 0 saturated heterocycles. The van der Waals surface area contributed by atoms with E-state index in [4.69, 9.17) is 4.74 Å². The first kappa shape index (κ1) is 32.8. The molecule has 0 radical (unpaired) electrons. The number of aliphatic hydroxyl groups is 1. The molecule has 2 unspecified atom stereocenters. The van der Waals surface area contributed by atoms with Gasteiger partial charge in [0.15, 0.2) is 0 Å². The lowest BCUT2D eigenvalue weighted by molar-refractivity contribution is -0.143. The predicted molar refractivity (Wildman–Crippen MR) is 158 cm³/mol. The number of nitrogens with one attached hydrogen (secondary N) is 2. The highest BCUT2D eigenvalue weighted by Gasteiger charge is 2.36. The lowest BCUT2D eigenvalue weighted by Crippen LogP contribution is -2.54. The molecule has 0 aliphatic heterocycles. The van der Waals surface area contributed by atoms with E-state index in [0.717, 1.165) is 42.4 Å². The number of rotatable bonds is 14. The van der Waals surface area contributed by atoms with Crippen molar-refractivity contribution in [3.63, 3.8) is 0 Å². The average molecular weight is 554 g/mol. The first-order valence-electron chi connectivity index (χ1n) is 14.3. The van der Waals surface area contributed by atoms with E-state index < -0.39 is 36.3 Å². The molecule has 8 heteroatoms. The van der Waals surface area contributed by atoms with E-state index in [-0.39, 0.29) is 5.91 Å². The van der Waals surface area contributed by atoms with Gasteiger partial charge in [-0.25, -0.2) is 4.79 Å². The molecule has 0 aromatic heterocycles. The number of carbonyl (C=O) groups excluding carboxylic acids is 3. The van der Waals surface area contributed by atoms with Crippen LogP contribution in [-0.4, -0.2) is 52.7 Å². The number of aryl methyl sites for hydroxylation is 2. The second kappa shape index (κ2) is 16.0. The minimum atomic E-state index is -1.26. The minimum absolute atomic E-state index is 0.297. The van der Waals surface area contributed by atoms with Crippen LogP contribution in [0.4, 0.5) is 4.79 Å². The van der Waals surface area contributed by atoms with Crippen LogP contribution < -0.4 is 10.6 Å². The van der Waals surface area contributed by atoms with E-state index in [1.807, 2.05) is 62.4 Å². The highest BCUT2D eigenvalue weighted by molar-refractivity contribution is 5.92. The summed E-state index contributed by atoms with van der Waals surface area (Å²) in [4.78, 5) is 41.9. The molecule has 220 valence electrons. The van der Waals surface area contributed by atoms with Crippen molar-refractivity contribution in [3.8, 4) is 0 Å². The monoisotopic (exact) mass is 553 g/mol. The van der Waals surface area contributed by atoms with Crippen molar-refractivity contribution in [2.75, 3.05) is 13.2 Å². The first-order valence-corrected chi connectivity index (χ1v) is 14.3. The van der Waals surface area contributed by atoms with Gasteiger partial charge in [0.05, 0.1) is 6.61 Å². The Morgan fingerprint density at radius 2 is 1.65 bits per heavy atom. The summed E-state index contributed by atoms with van der Waals surface area (Å²) in [5.74, 6) is -0.865. The predicted octanol–water partition coefficient (Wildman–Crippen LogP) is 5.35. The number of nitrogens with zero attached hydrogens (tertiary/aromatic N) is 1. The third-order valence-electron chi connectivity index (χ3n) is 6.55. The van der Waals surface area contributed by atoms with Crippen LogP contribution in [0.1, 0.15) is 88.1 Å². The quantitative estimate of drug-likeness (QED) is 0.274. The van der Waals surface area contributed by atoms with Crippen LogP contribution in [0, 0.1) is 13.8 Å². The van der Waals surface area contributed by atoms with Gasteiger partial charge < -0.3 is 25.4 Å². The highest BCUT2D eigenvalue weighted by atomic mass is 16.6. The molecule has 0 aliphatic rings. The smallest absolute Gasteiger partial charge is 0.408 e. The number of alkyl carbamates (subject to hydrolysis) is 1. The minimum Gasteiger partial charge on any atom is -0.444 e. The summed E-state index contributed by atoms with van der Waals surface area (Å²) in [7, 11) is 0. The maximum absolute atomic E-state index is 14.0. The van der Waals surface area contributed by atoms with Gasteiger partial charge in [0.1, 0.15) is 17.7 Å². The summed E-state index contributed by atoms with van der Waals surface area (Å²) in [6, 6.07) is 13.2. The number of carbonyl (C=O) groups is 3. The van der Waals surface area contributed by atoms with Gasteiger partial charge in [-0.05, 0) is 57.7 Å². The lowest BCUT2D eigenvalue weighted by Gasteiger charge is -2.35. The summed E-state index contributed by atoms with van der Waals surface area (Å²) in [6.45, 7) is 11.2. The van der Waals surface area contributed by atoms with Crippen molar-refractivity contribution in [2.45, 2.75) is 97.9 Å². The van der Waals surface area contributed by atoms with Crippen molar-refractivity contribution in [1.82, 2.24) is 15.5 Å². The van der Waals surface area contributed by atoms with Crippen molar-refractivity contribution in [3.05, 3.63) is 70.8 Å². The third-order valence-corrected chi connectivity index (χ3v) is 6.55. The zero-order chi connectivity index (χ0) is 29.7. The zero-order valence-corrected chi connectivity index (χ0v) is 25.0. The summed E-state index contributed by atoms with van der Waals surface area (Å²) >= 11 is 0. The van der Waals surface area contributed by atoms with Crippen LogP contribution in [0.15, 0.2) is 48.5 Å². The van der Waals surface area contributed by atoms with E-state index in [1.54, 1.807) is 20.8 Å². The fourth-order valence-corrected chi connectivity index (χ4v) is 4.55. The molecular weight excluding hydrogens is 506 g/mol. The molecule has 0 bridgehead atoms. The second-order valence-corrected chi connectivity index (χ2v) is 11.3. The SMILES string of the molecule is CCCCCCCN(C(=O)C(CO)NC(=O)OC(C)(C)C)C(C(=O)NCc1ccccc1)c1ccc(C)cc1C. The Morgan fingerprint density at radius 1 is 0.975 bits per heavy atom. The molecule has 40 heavy (non-hydrogen) atoms. The first-order chi connectivity index (χ1) is 19.0. The molecule has 0 heterocycles. The van der Waals surface area contributed by atoms with Crippen molar-refractivity contribution < 1.29 is 24.2 Å². The Kier molecular flexibility index (Phi) is 13.1. The molecule has 2 rings (SSSR count). The number of aliphatic hydroxyl groups excluding tert-OH is 1. The largest absolute Gasteiger partial charge is 0.444 e. The molecule has 3 N–H and O–H groups in total. The lowest BCUT2D eigenvalue weighted by atomic mass is 9.96. The van der Waals surface area contributed by atoms with Gasteiger partial charge in [-0.15, -0.1) is 0 Å². The Labute approximate surface area is 239 Å². The standard InChI is InChI=1S/C32H47N3O5/c1-7-8-9-10-14-19-35(30(38)27(22-36)34-31(39)40-32(4,5)6)28(26-18-17-23(2)20-24(26)3)29(37)33-21-25-15-12-11-13-16-25/h11-13,15-18,20,27-28,36H,7-10,14,19,21-22H2,1-6H3,(H,33,37)(H,34,39). The Bertz CT molecular complexity index is 1100. The van der Waals surface area contributed by atoms with Crippen LogP contribution >= 0.6 is 0 Å². The maximum atomic E-state index is 14.0. The fourth-order valence-electron chi connectivity index (χ4n) is 4.55. The summed E-state index contributed by atoms with van der Waals surface area (Å²) in [5.41, 5.74) is 2.79. The molecular formula is C32H47N3O5. The van der Waals surface area contributed by atoms with Crippen LogP contribution in [0.3, 0.4) is 0 Å². The van der Waals surface area contributed by atoms with Crippen LogP contribution in [0.5, 0.6) is 0 Å². The molecule has 2 aromatic rings. The fraction of sp³-hybridized carbons (Fsp3) is 0.531. The van der Waals surface area contributed by atoms with Gasteiger partial charge >= 0.3 is 6.09 Å². The Morgan fingerprint density at radius 3 is 2.25 bits per heavy atom. The Balaban J connectivity index is 2.44. The summed E-state index contributed by atoms with van der Waals surface area (Å²) in [6.07, 6.45) is 3.97.